The molecule has 0 amide bonds. The Balaban J connectivity index is 1.85. The highest BCUT2D eigenvalue weighted by atomic mass is 35.5. The molecule has 0 aliphatic carbocycles. The van der Waals surface area contributed by atoms with Crippen LogP contribution in [0, 0.1) is 10.1 Å². The van der Waals surface area contributed by atoms with E-state index in [9.17, 15) is 14.9 Å². The smallest absolute Gasteiger partial charge is 0.269 e. The highest BCUT2D eigenvalue weighted by Crippen LogP contribution is 2.18. The predicted octanol–water partition coefficient (Wildman–Crippen LogP) is 6.42. The van der Waals surface area contributed by atoms with E-state index in [0.29, 0.717) is 18.8 Å². The van der Waals surface area contributed by atoms with E-state index in [1.807, 2.05) is 0 Å². The summed E-state index contributed by atoms with van der Waals surface area (Å²) in [6.07, 6.45) is 13.5. The average Bonchev–Trinajstić information content (AvgIpc) is 2.62. The zero-order valence-corrected chi connectivity index (χ0v) is 16.2. The number of nitrogens with zero attached hydrogens (tertiary/aromatic N) is 1. The van der Waals surface area contributed by atoms with Crippen LogP contribution < -0.4 is 4.74 Å². The van der Waals surface area contributed by atoms with Gasteiger partial charge in [-0.1, -0.05) is 57.8 Å². The summed E-state index contributed by atoms with van der Waals surface area (Å²) in [7, 11) is 0. The van der Waals surface area contributed by atoms with Crippen molar-refractivity contribution in [2.45, 2.75) is 77.0 Å². The van der Waals surface area contributed by atoms with Crippen molar-refractivity contribution in [2.24, 2.45) is 0 Å². The monoisotopic (exact) mass is 383 g/mol. The van der Waals surface area contributed by atoms with Crippen LogP contribution in [0.1, 0.15) is 77.0 Å². The molecule has 0 heterocycles. The van der Waals surface area contributed by atoms with E-state index in [2.05, 4.69) is 0 Å². The van der Waals surface area contributed by atoms with Gasteiger partial charge in [0.15, 0.2) is 0 Å². The second-order valence-electron chi connectivity index (χ2n) is 6.59. The molecule has 0 aliphatic heterocycles. The largest absolute Gasteiger partial charge is 0.494 e. The summed E-state index contributed by atoms with van der Waals surface area (Å²) in [4.78, 5) is 20.7. The van der Waals surface area contributed by atoms with Crippen molar-refractivity contribution in [3.63, 3.8) is 0 Å². The second-order valence-corrected chi connectivity index (χ2v) is 7.02. The van der Waals surface area contributed by atoms with Gasteiger partial charge in [-0.25, -0.2) is 0 Å². The molecular formula is C20H30ClNO4. The molecule has 0 bridgehead atoms. The summed E-state index contributed by atoms with van der Waals surface area (Å²) >= 11 is 5.30. The summed E-state index contributed by atoms with van der Waals surface area (Å²) in [5.41, 5.74) is 0.0858. The van der Waals surface area contributed by atoms with Gasteiger partial charge in [-0.3, -0.25) is 14.9 Å². The van der Waals surface area contributed by atoms with Crippen LogP contribution in [-0.4, -0.2) is 16.8 Å². The third kappa shape index (κ3) is 11.9. The first-order valence-electron chi connectivity index (χ1n) is 9.65. The van der Waals surface area contributed by atoms with Gasteiger partial charge in [0.1, 0.15) is 5.75 Å². The summed E-state index contributed by atoms with van der Waals surface area (Å²) in [5.74, 6) is 0.686. The number of nitro groups is 1. The van der Waals surface area contributed by atoms with E-state index in [4.69, 9.17) is 16.3 Å². The fourth-order valence-corrected chi connectivity index (χ4v) is 2.94. The molecule has 1 aromatic carbocycles. The molecule has 0 aromatic heterocycles. The van der Waals surface area contributed by atoms with Crippen LogP contribution in [0.5, 0.6) is 5.75 Å². The molecule has 0 saturated carbocycles. The zero-order chi connectivity index (χ0) is 19.0. The molecule has 146 valence electrons. The first kappa shape index (κ1) is 22.4. The summed E-state index contributed by atoms with van der Waals surface area (Å²) in [6, 6.07) is 6.22. The molecule has 0 saturated heterocycles. The number of unbranched alkanes of at least 4 members (excludes halogenated alkanes) is 10. The highest BCUT2D eigenvalue weighted by Gasteiger charge is 2.04. The van der Waals surface area contributed by atoms with Gasteiger partial charge in [0.05, 0.1) is 11.5 Å². The Hall–Kier alpha value is -1.62. The Morgan fingerprint density at radius 1 is 0.846 bits per heavy atom. The van der Waals surface area contributed by atoms with Gasteiger partial charge in [-0.15, -0.1) is 0 Å². The molecular weight excluding hydrogens is 354 g/mol. The quantitative estimate of drug-likeness (QED) is 0.143. The fraction of sp³-hybridized carbons (Fsp3) is 0.650. The normalized spacial score (nSPS) is 10.7. The molecule has 0 aliphatic rings. The number of hydrogen-bond donors (Lipinski definition) is 0. The number of hydrogen-bond acceptors (Lipinski definition) is 4. The van der Waals surface area contributed by atoms with Gasteiger partial charge in [-0.2, -0.15) is 0 Å². The molecule has 1 rings (SSSR count). The molecule has 5 nitrogen and oxygen atoms in total. The first-order valence-corrected chi connectivity index (χ1v) is 10.0. The van der Waals surface area contributed by atoms with Crippen molar-refractivity contribution in [2.75, 3.05) is 6.61 Å². The molecule has 6 heteroatoms. The Kier molecular flexibility index (Phi) is 12.5. The number of rotatable bonds is 16. The standard InChI is InChI=1S/C20H30ClNO4/c21-20(23)12-10-8-6-4-2-1-3-5-7-9-11-17-26-19-15-13-18(14-16-19)22(24)25/h13-16H,1-12,17H2. The van der Waals surface area contributed by atoms with Crippen molar-refractivity contribution in [3.05, 3.63) is 34.4 Å². The van der Waals surface area contributed by atoms with Crippen molar-refractivity contribution < 1.29 is 14.5 Å². The Bertz CT molecular complexity index is 519. The number of benzene rings is 1. The molecule has 0 spiro atoms. The topological polar surface area (TPSA) is 69.4 Å². The molecule has 0 N–H and O–H groups in total. The number of ether oxygens (including phenoxy) is 1. The van der Waals surface area contributed by atoms with Gasteiger partial charge < -0.3 is 4.74 Å². The summed E-state index contributed by atoms with van der Waals surface area (Å²) in [5, 5.41) is 10.3. The molecule has 1 aromatic rings. The predicted molar refractivity (Wildman–Crippen MR) is 105 cm³/mol. The van der Waals surface area contributed by atoms with Crippen LogP contribution in [0.25, 0.3) is 0 Å². The molecule has 0 atom stereocenters. The van der Waals surface area contributed by atoms with E-state index >= 15 is 0 Å². The van der Waals surface area contributed by atoms with Gasteiger partial charge in [-0.05, 0) is 36.6 Å². The zero-order valence-electron chi connectivity index (χ0n) is 15.5. The van der Waals surface area contributed by atoms with Gasteiger partial charge in [0.25, 0.3) is 5.69 Å². The first-order chi connectivity index (χ1) is 12.6. The summed E-state index contributed by atoms with van der Waals surface area (Å²) in [6.45, 7) is 0.655. The molecule has 0 radical (unpaired) electrons. The Morgan fingerprint density at radius 3 is 1.77 bits per heavy atom. The number of halogens is 1. The maximum Gasteiger partial charge on any atom is 0.269 e. The van der Waals surface area contributed by atoms with Gasteiger partial charge in [0, 0.05) is 18.6 Å². The lowest BCUT2D eigenvalue weighted by Gasteiger charge is -2.06. The number of carbonyl (C=O) groups excluding carboxylic acids is 1. The molecule has 26 heavy (non-hydrogen) atoms. The van der Waals surface area contributed by atoms with E-state index < -0.39 is 4.92 Å². The number of non-ortho nitro benzene ring substituents is 1. The lowest BCUT2D eigenvalue weighted by Crippen LogP contribution is -1.97. The minimum Gasteiger partial charge on any atom is -0.494 e. The maximum atomic E-state index is 10.6. The fourth-order valence-electron chi connectivity index (χ4n) is 2.81. The number of nitro benzene ring substituents is 1. The van der Waals surface area contributed by atoms with Crippen LogP contribution in [0.4, 0.5) is 5.69 Å². The van der Waals surface area contributed by atoms with E-state index in [1.165, 1.54) is 57.1 Å². The minimum atomic E-state index is -0.409. The van der Waals surface area contributed by atoms with Gasteiger partial charge >= 0.3 is 0 Å². The minimum absolute atomic E-state index is 0.0858. The number of carbonyl (C=O) groups is 1. The van der Waals surface area contributed by atoms with Crippen molar-refractivity contribution in [3.8, 4) is 5.75 Å². The molecule has 0 unspecified atom stereocenters. The van der Waals surface area contributed by atoms with Crippen LogP contribution in [0.15, 0.2) is 24.3 Å². The van der Waals surface area contributed by atoms with E-state index in [-0.39, 0.29) is 10.9 Å². The average molecular weight is 384 g/mol. The lowest BCUT2D eigenvalue weighted by atomic mass is 10.1. The van der Waals surface area contributed by atoms with E-state index in [0.717, 1.165) is 25.7 Å². The molecule has 0 fully saturated rings. The van der Waals surface area contributed by atoms with Crippen molar-refractivity contribution >= 4 is 22.5 Å². The maximum absolute atomic E-state index is 10.6. The van der Waals surface area contributed by atoms with Crippen LogP contribution in [0.2, 0.25) is 0 Å². The van der Waals surface area contributed by atoms with Crippen molar-refractivity contribution in [1.82, 2.24) is 0 Å². The summed E-state index contributed by atoms with van der Waals surface area (Å²) < 4.78 is 5.60. The highest BCUT2D eigenvalue weighted by molar-refractivity contribution is 6.63. The second kappa shape index (κ2) is 14.5. The van der Waals surface area contributed by atoms with Crippen LogP contribution in [-0.2, 0) is 4.79 Å². The Morgan fingerprint density at radius 2 is 1.31 bits per heavy atom. The van der Waals surface area contributed by atoms with E-state index in [1.54, 1.807) is 12.1 Å². The SMILES string of the molecule is O=C(Cl)CCCCCCCCCCCCCOc1ccc([N+](=O)[O-])cc1. The van der Waals surface area contributed by atoms with Crippen molar-refractivity contribution in [1.29, 1.82) is 0 Å². The third-order valence-electron chi connectivity index (χ3n) is 4.33. The van der Waals surface area contributed by atoms with Crippen LogP contribution in [0.3, 0.4) is 0 Å². The van der Waals surface area contributed by atoms with Crippen LogP contribution >= 0.6 is 11.6 Å². The van der Waals surface area contributed by atoms with Gasteiger partial charge in [0.2, 0.25) is 5.24 Å². The lowest BCUT2D eigenvalue weighted by molar-refractivity contribution is -0.384. The third-order valence-corrected chi connectivity index (χ3v) is 4.52. The Labute approximate surface area is 161 Å².